The van der Waals surface area contributed by atoms with E-state index < -0.39 is 16.8 Å². The number of pyridine rings is 1. The third kappa shape index (κ3) is 5.54. The molecule has 0 bridgehead atoms. The van der Waals surface area contributed by atoms with Crippen molar-refractivity contribution in [2.24, 2.45) is 21.7 Å². The van der Waals surface area contributed by atoms with Gasteiger partial charge in [-0.3, -0.25) is 9.78 Å². The fourth-order valence-electron chi connectivity index (χ4n) is 3.70. The maximum Gasteiger partial charge on any atom is 0.309 e. The molecular formula is C22H38N2O2. The minimum absolute atomic E-state index is 0.00108. The third-order valence-corrected chi connectivity index (χ3v) is 5.50. The van der Waals surface area contributed by atoms with Crippen molar-refractivity contribution in [1.29, 1.82) is 0 Å². The highest BCUT2D eigenvalue weighted by Crippen LogP contribution is 2.47. The molecule has 148 valence electrons. The van der Waals surface area contributed by atoms with Gasteiger partial charge in [0.25, 0.3) is 0 Å². The molecule has 0 saturated heterocycles. The van der Waals surface area contributed by atoms with E-state index in [1.165, 1.54) is 5.56 Å². The first kappa shape index (κ1) is 22.6. The Balaban J connectivity index is 3.10. The minimum Gasteiger partial charge on any atom is -0.481 e. The lowest BCUT2D eigenvalue weighted by Crippen LogP contribution is -2.51. The summed E-state index contributed by atoms with van der Waals surface area (Å²) in [7, 11) is 0. The number of aliphatic carboxylic acids is 1. The number of rotatable bonds is 7. The number of aromatic nitrogens is 1. The molecule has 0 aliphatic carbocycles. The van der Waals surface area contributed by atoms with Crippen molar-refractivity contribution in [3.8, 4) is 0 Å². The summed E-state index contributed by atoms with van der Waals surface area (Å²) in [6.07, 6.45) is 4.24. The zero-order valence-corrected chi connectivity index (χ0v) is 18.1. The Morgan fingerprint density at radius 2 is 1.54 bits per heavy atom. The van der Waals surface area contributed by atoms with Crippen LogP contribution in [0.15, 0.2) is 24.5 Å². The van der Waals surface area contributed by atoms with Crippen LogP contribution in [0.25, 0.3) is 0 Å². The van der Waals surface area contributed by atoms with Crippen LogP contribution in [0, 0.1) is 21.7 Å². The molecule has 1 aromatic rings. The first-order chi connectivity index (χ1) is 11.6. The first-order valence-corrected chi connectivity index (χ1v) is 9.47. The zero-order valence-electron chi connectivity index (χ0n) is 18.1. The number of nitrogens with one attached hydrogen (secondary N) is 1. The van der Waals surface area contributed by atoms with Gasteiger partial charge in [-0.05, 0) is 47.3 Å². The SMILES string of the molecule is CC(C)(C)CC(C)(C(=O)O)C(C)(C)CNC(c1ccncc1)C(C)(C)C. The van der Waals surface area contributed by atoms with Gasteiger partial charge in [-0.2, -0.15) is 0 Å². The molecule has 4 nitrogen and oxygen atoms in total. The molecule has 1 rings (SSSR count). The Morgan fingerprint density at radius 3 is 1.92 bits per heavy atom. The predicted octanol–water partition coefficient (Wildman–Crippen LogP) is 5.31. The van der Waals surface area contributed by atoms with Crippen molar-refractivity contribution in [3.05, 3.63) is 30.1 Å². The van der Waals surface area contributed by atoms with Gasteiger partial charge in [-0.25, -0.2) is 0 Å². The van der Waals surface area contributed by atoms with Gasteiger partial charge < -0.3 is 10.4 Å². The highest BCUT2D eigenvalue weighted by Gasteiger charge is 2.49. The van der Waals surface area contributed by atoms with E-state index in [1.807, 2.05) is 31.5 Å². The molecule has 0 aliphatic heterocycles. The lowest BCUT2D eigenvalue weighted by molar-refractivity contribution is -0.158. The smallest absolute Gasteiger partial charge is 0.309 e. The summed E-state index contributed by atoms with van der Waals surface area (Å²) in [5.41, 5.74) is -0.113. The van der Waals surface area contributed by atoms with Crippen LogP contribution in [-0.2, 0) is 4.79 Å². The topological polar surface area (TPSA) is 62.2 Å². The Bertz CT molecular complexity index is 597. The van der Waals surface area contributed by atoms with Gasteiger partial charge in [-0.15, -0.1) is 0 Å². The summed E-state index contributed by atoms with van der Waals surface area (Å²) in [6.45, 7) is 19.5. The highest BCUT2D eigenvalue weighted by atomic mass is 16.4. The molecule has 2 atom stereocenters. The Kier molecular flexibility index (Phi) is 6.68. The Morgan fingerprint density at radius 1 is 1.04 bits per heavy atom. The maximum atomic E-state index is 12.2. The van der Waals surface area contributed by atoms with E-state index in [-0.39, 0.29) is 16.9 Å². The molecule has 4 heteroatoms. The second-order valence-corrected chi connectivity index (χ2v) is 10.7. The van der Waals surface area contributed by atoms with Crippen molar-refractivity contribution >= 4 is 5.97 Å². The lowest BCUT2D eigenvalue weighted by Gasteiger charge is -2.46. The van der Waals surface area contributed by atoms with E-state index in [9.17, 15) is 9.90 Å². The molecule has 2 unspecified atom stereocenters. The molecule has 1 aromatic heterocycles. The molecule has 0 saturated carbocycles. The van der Waals surface area contributed by atoms with Gasteiger partial charge in [0.05, 0.1) is 5.41 Å². The summed E-state index contributed by atoms with van der Waals surface area (Å²) < 4.78 is 0. The van der Waals surface area contributed by atoms with Crippen LogP contribution in [0.3, 0.4) is 0 Å². The van der Waals surface area contributed by atoms with E-state index in [1.54, 1.807) is 0 Å². The van der Waals surface area contributed by atoms with Gasteiger partial charge in [0.15, 0.2) is 0 Å². The van der Waals surface area contributed by atoms with Crippen LogP contribution in [-0.4, -0.2) is 22.6 Å². The average molecular weight is 363 g/mol. The quantitative estimate of drug-likeness (QED) is 0.690. The highest BCUT2D eigenvalue weighted by molar-refractivity contribution is 5.75. The maximum absolute atomic E-state index is 12.2. The zero-order chi connectivity index (χ0) is 20.4. The largest absolute Gasteiger partial charge is 0.481 e. The van der Waals surface area contributed by atoms with Crippen LogP contribution in [0.5, 0.6) is 0 Å². The molecule has 0 spiro atoms. The van der Waals surface area contributed by atoms with Gasteiger partial charge in [-0.1, -0.05) is 55.4 Å². The van der Waals surface area contributed by atoms with Gasteiger partial charge in [0, 0.05) is 25.0 Å². The molecule has 1 heterocycles. The van der Waals surface area contributed by atoms with Crippen molar-refractivity contribution in [3.63, 3.8) is 0 Å². The minimum atomic E-state index is -0.821. The summed E-state index contributed by atoms with van der Waals surface area (Å²) in [4.78, 5) is 16.3. The summed E-state index contributed by atoms with van der Waals surface area (Å²) in [5, 5.41) is 13.7. The van der Waals surface area contributed by atoms with Gasteiger partial charge >= 0.3 is 5.97 Å². The Labute approximate surface area is 159 Å². The molecule has 0 amide bonds. The fraction of sp³-hybridized carbons (Fsp3) is 0.727. The van der Waals surface area contributed by atoms with E-state index in [2.05, 4.69) is 65.7 Å². The molecule has 0 fully saturated rings. The second kappa shape index (κ2) is 7.67. The second-order valence-electron chi connectivity index (χ2n) is 10.7. The van der Waals surface area contributed by atoms with Crippen LogP contribution in [0.4, 0.5) is 0 Å². The lowest BCUT2D eigenvalue weighted by atomic mass is 9.60. The van der Waals surface area contributed by atoms with E-state index in [4.69, 9.17) is 0 Å². The average Bonchev–Trinajstić information content (AvgIpc) is 2.44. The van der Waals surface area contributed by atoms with Crippen molar-refractivity contribution in [2.45, 2.75) is 74.8 Å². The fourth-order valence-corrected chi connectivity index (χ4v) is 3.70. The van der Waals surface area contributed by atoms with E-state index in [0.29, 0.717) is 13.0 Å². The van der Waals surface area contributed by atoms with Crippen molar-refractivity contribution < 1.29 is 9.90 Å². The normalized spacial score (nSPS) is 16.8. The molecule has 0 aliphatic rings. The number of nitrogens with zero attached hydrogens (tertiary/aromatic N) is 1. The Hall–Kier alpha value is -1.42. The summed E-state index contributed by atoms with van der Waals surface area (Å²) in [6, 6.07) is 4.18. The summed E-state index contributed by atoms with van der Waals surface area (Å²) >= 11 is 0. The monoisotopic (exact) mass is 362 g/mol. The van der Waals surface area contributed by atoms with Crippen LogP contribution < -0.4 is 5.32 Å². The van der Waals surface area contributed by atoms with Crippen LogP contribution in [0.2, 0.25) is 0 Å². The van der Waals surface area contributed by atoms with Gasteiger partial charge in [0.1, 0.15) is 0 Å². The first-order valence-electron chi connectivity index (χ1n) is 9.47. The number of hydrogen-bond acceptors (Lipinski definition) is 3. The summed E-state index contributed by atoms with van der Waals surface area (Å²) in [5.74, 6) is -0.726. The molecule has 0 radical (unpaired) electrons. The van der Waals surface area contributed by atoms with Crippen molar-refractivity contribution in [2.75, 3.05) is 6.54 Å². The number of carbonyl (C=O) groups is 1. The standard InChI is InChI=1S/C22H38N2O2/c1-19(2,3)14-22(9,18(25)26)21(7,8)15-24-17(20(4,5)6)16-10-12-23-13-11-16/h10-13,17,24H,14-15H2,1-9H3,(H,25,26). The number of carboxylic acid groups (broad SMARTS) is 1. The third-order valence-electron chi connectivity index (χ3n) is 5.50. The molecule has 26 heavy (non-hydrogen) atoms. The van der Waals surface area contributed by atoms with Crippen molar-refractivity contribution in [1.82, 2.24) is 10.3 Å². The van der Waals surface area contributed by atoms with E-state index in [0.717, 1.165) is 0 Å². The number of carboxylic acids is 1. The molecule has 0 aromatic carbocycles. The molecular weight excluding hydrogens is 324 g/mol. The molecule has 2 N–H and O–H groups in total. The predicted molar refractivity (Wildman–Crippen MR) is 108 cm³/mol. The number of hydrogen-bond donors (Lipinski definition) is 2. The van der Waals surface area contributed by atoms with Crippen LogP contribution in [0.1, 0.15) is 80.3 Å². The van der Waals surface area contributed by atoms with E-state index >= 15 is 0 Å². The van der Waals surface area contributed by atoms with Gasteiger partial charge in [0.2, 0.25) is 0 Å². The van der Waals surface area contributed by atoms with Crippen LogP contribution >= 0.6 is 0 Å².